The maximum absolute atomic E-state index is 12.1. The first-order chi connectivity index (χ1) is 9.93. The Hall–Kier alpha value is -2.42. The number of benzene rings is 1. The first-order valence-electron chi connectivity index (χ1n) is 6.05. The highest BCUT2D eigenvalue weighted by atomic mass is 32.2. The molecule has 1 aromatic carbocycles. The van der Waals surface area contributed by atoms with E-state index >= 15 is 0 Å². The third-order valence-corrected chi connectivity index (χ3v) is 4.03. The van der Waals surface area contributed by atoms with Gasteiger partial charge in [0.2, 0.25) is 16.8 Å². The second-order valence-electron chi connectivity index (χ2n) is 4.58. The normalized spacial score (nSPS) is 13.4. The predicted molar refractivity (Wildman–Crippen MR) is 74.5 cm³/mol. The molecule has 0 saturated carbocycles. The van der Waals surface area contributed by atoms with E-state index in [0.29, 0.717) is 23.0 Å². The number of aryl methyl sites for hydroxylation is 1. The van der Waals surface area contributed by atoms with Gasteiger partial charge in [-0.1, -0.05) is 5.16 Å². The number of hydrogen-bond acceptors (Lipinski definition) is 7. The van der Waals surface area contributed by atoms with Gasteiger partial charge in [-0.15, -0.1) is 0 Å². The zero-order valence-corrected chi connectivity index (χ0v) is 11.9. The highest BCUT2D eigenvalue weighted by Crippen LogP contribution is 2.38. The average Bonchev–Trinajstić information content (AvgIpc) is 2.98. The van der Waals surface area contributed by atoms with Crippen LogP contribution in [0.25, 0.3) is 0 Å². The molecule has 0 aliphatic carbocycles. The molecule has 2 heterocycles. The zero-order chi connectivity index (χ0) is 15.0. The topological polar surface area (TPSA) is 117 Å². The van der Waals surface area contributed by atoms with Gasteiger partial charge in [-0.2, -0.15) is 0 Å². The van der Waals surface area contributed by atoms with E-state index in [-0.39, 0.29) is 23.9 Å². The summed E-state index contributed by atoms with van der Waals surface area (Å²) in [5, 5.41) is 3.65. The van der Waals surface area contributed by atoms with Crippen LogP contribution in [0.1, 0.15) is 11.5 Å². The summed E-state index contributed by atoms with van der Waals surface area (Å²) < 4.78 is 41.8. The minimum atomic E-state index is -3.66. The molecule has 1 aliphatic heterocycles. The van der Waals surface area contributed by atoms with Crippen LogP contribution in [0.15, 0.2) is 22.7 Å². The molecular formula is C12H13N3O5S. The van der Waals surface area contributed by atoms with Gasteiger partial charge in [0.1, 0.15) is 17.2 Å². The van der Waals surface area contributed by atoms with Crippen LogP contribution in [0.4, 0.5) is 11.4 Å². The van der Waals surface area contributed by atoms with Crippen molar-refractivity contribution in [2.24, 2.45) is 0 Å². The van der Waals surface area contributed by atoms with Crippen LogP contribution in [0.5, 0.6) is 11.5 Å². The molecule has 3 N–H and O–H groups in total. The van der Waals surface area contributed by atoms with E-state index in [4.69, 9.17) is 19.7 Å². The standard InChI is InChI=1S/C12H13N3O5S/c1-7-2-8(14-20-7)5-21(16,17)15-10-4-12-11(3-9(10)13)18-6-19-12/h2-4,15H,5-6,13H2,1H3. The number of ether oxygens (including phenoxy) is 2. The molecular weight excluding hydrogens is 298 g/mol. The van der Waals surface area contributed by atoms with Gasteiger partial charge < -0.3 is 19.7 Å². The molecule has 0 fully saturated rings. The Morgan fingerprint density at radius 2 is 2.00 bits per heavy atom. The number of rotatable bonds is 4. The van der Waals surface area contributed by atoms with E-state index in [1.54, 1.807) is 13.0 Å². The third kappa shape index (κ3) is 2.87. The maximum atomic E-state index is 12.1. The van der Waals surface area contributed by atoms with Gasteiger partial charge in [-0.05, 0) is 6.92 Å². The van der Waals surface area contributed by atoms with E-state index in [2.05, 4.69) is 9.88 Å². The Kier molecular flexibility index (Phi) is 3.13. The fraction of sp³-hybridized carbons (Fsp3) is 0.250. The fourth-order valence-electron chi connectivity index (χ4n) is 1.93. The Bertz CT molecular complexity index is 784. The number of nitrogens with two attached hydrogens (primary N) is 1. The van der Waals surface area contributed by atoms with Gasteiger partial charge in [0.05, 0.1) is 11.4 Å². The van der Waals surface area contributed by atoms with Crippen LogP contribution >= 0.6 is 0 Å². The lowest BCUT2D eigenvalue weighted by Gasteiger charge is -2.10. The molecule has 0 saturated heterocycles. The molecule has 1 aromatic heterocycles. The molecule has 9 heteroatoms. The molecule has 0 unspecified atom stereocenters. The fourth-order valence-corrected chi connectivity index (χ4v) is 3.04. The molecule has 0 bridgehead atoms. The zero-order valence-electron chi connectivity index (χ0n) is 11.1. The van der Waals surface area contributed by atoms with Crippen LogP contribution in [0.3, 0.4) is 0 Å². The molecule has 112 valence electrons. The lowest BCUT2D eigenvalue weighted by molar-refractivity contribution is 0.174. The van der Waals surface area contributed by atoms with Crippen molar-refractivity contribution in [3.63, 3.8) is 0 Å². The van der Waals surface area contributed by atoms with Gasteiger partial charge in [0.25, 0.3) is 0 Å². The van der Waals surface area contributed by atoms with Gasteiger partial charge in [-0.3, -0.25) is 4.72 Å². The van der Waals surface area contributed by atoms with Crippen molar-refractivity contribution in [1.29, 1.82) is 0 Å². The highest BCUT2D eigenvalue weighted by molar-refractivity contribution is 7.91. The van der Waals surface area contributed by atoms with Crippen molar-refractivity contribution >= 4 is 21.4 Å². The number of aromatic nitrogens is 1. The molecule has 21 heavy (non-hydrogen) atoms. The third-order valence-electron chi connectivity index (χ3n) is 2.82. The predicted octanol–water partition coefficient (Wildman–Crippen LogP) is 1.24. The van der Waals surface area contributed by atoms with Gasteiger partial charge in [0.15, 0.2) is 11.5 Å². The number of anilines is 2. The SMILES string of the molecule is Cc1cc(CS(=O)(=O)Nc2cc3c(cc2N)OCO3)no1. The minimum absolute atomic E-state index is 0.0865. The van der Waals surface area contributed by atoms with Crippen molar-refractivity contribution in [3.8, 4) is 11.5 Å². The smallest absolute Gasteiger partial charge is 0.238 e. The summed E-state index contributed by atoms with van der Waals surface area (Å²) in [4.78, 5) is 0. The second kappa shape index (κ2) is 4.85. The molecule has 0 radical (unpaired) electrons. The summed E-state index contributed by atoms with van der Waals surface area (Å²) in [6.07, 6.45) is 0. The van der Waals surface area contributed by atoms with Gasteiger partial charge in [0, 0.05) is 18.2 Å². The lowest BCUT2D eigenvalue weighted by Crippen LogP contribution is -2.16. The number of nitrogens with one attached hydrogen (secondary N) is 1. The molecule has 0 amide bonds. The molecule has 0 atom stereocenters. The number of nitrogen functional groups attached to an aromatic ring is 1. The van der Waals surface area contributed by atoms with Crippen LogP contribution < -0.4 is 19.9 Å². The van der Waals surface area contributed by atoms with Crippen molar-refractivity contribution in [2.45, 2.75) is 12.7 Å². The van der Waals surface area contributed by atoms with Crippen molar-refractivity contribution in [2.75, 3.05) is 17.2 Å². The van der Waals surface area contributed by atoms with Crippen LogP contribution in [-0.4, -0.2) is 20.4 Å². The summed E-state index contributed by atoms with van der Waals surface area (Å²) >= 11 is 0. The molecule has 0 spiro atoms. The number of hydrogen-bond donors (Lipinski definition) is 2. The largest absolute Gasteiger partial charge is 0.454 e. The quantitative estimate of drug-likeness (QED) is 0.816. The number of sulfonamides is 1. The Morgan fingerprint density at radius 3 is 2.67 bits per heavy atom. The van der Waals surface area contributed by atoms with Crippen molar-refractivity contribution in [3.05, 3.63) is 29.7 Å². The van der Waals surface area contributed by atoms with E-state index in [0.717, 1.165) is 0 Å². The first kappa shape index (κ1) is 13.6. The summed E-state index contributed by atoms with van der Waals surface area (Å²) in [6, 6.07) is 4.56. The summed E-state index contributed by atoms with van der Waals surface area (Å²) in [7, 11) is -3.66. The molecule has 2 aromatic rings. The van der Waals surface area contributed by atoms with E-state index in [9.17, 15) is 8.42 Å². The lowest BCUT2D eigenvalue weighted by atomic mass is 10.2. The van der Waals surface area contributed by atoms with E-state index in [1.165, 1.54) is 12.1 Å². The average molecular weight is 311 g/mol. The Morgan fingerprint density at radius 1 is 1.29 bits per heavy atom. The Labute approximate surface area is 120 Å². The van der Waals surface area contributed by atoms with Crippen LogP contribution in [0, 0.1) is 6.92 Å². The maximum Gasteiger partial charge on any atom is 0.238 e. The second-order valence-corrected chi connectivity index (χ2v) is 6.31. The van der Waals surface area contributed by atoms with E-state index < -0.39 is 10.0 Å². The van der Waals surface area contributed by atoms with Crippen LogP contribution in [-0.2, 0) is 15.8 Å². The van der Waals surface area contributed by atoms with Gasteiger partial charge >= 0.3 is 0 Å². The number of fused-ring (bicyclic) bond motifs is 1. The molecule has 1 aliphatic rings. The monoisotopic (exact) mass is 311 g/mol. The van der Waals surface area contributed by atoms with E-state index in [1.807, 2.05) is 0 Å². The summed E-state index contributed by atoms with van der Waals surface area (Å²) in [5.41, 5.74) is 6.61. The first-order valence-corrected chi connectivity index (χ1v) is 7.70. The summed E-state index contributed by atoms with van der Waals surface area (Å²) in [6.45, 7) is 1.77. The van der Waals surface area contributed by atoms with Crippen molar-refractivity contribution < 1.29 is 22.4 Å². The van der Waals surface area contributed by atoms with Gasteiger partial charge in [-0.25, -0.2) is 8.42 Å². The van der Waals surface area contributed by atoms with Crippen molar-refractivity contribution in [1.82, 2.24) is 5.16 Å². The van der Waals surface area contributed by atoms with Crippen LogP contribution in [0.2, 0.25) is 0 Å². The number of nitrogens with zero attached hydrogens (tertiary/aromatic N) is 1. The molecule has 8 nitrogen and oxygen atoms in total. The Balaban J connectivity index is 1.82. The summed E-state index contributed by atoms with van der Waals surface area (Å²) in [5.74, 6) is 1.17. The minimum Gasteiger partial charge on any atom is -0.454 e. The molecule has 3 rings (SSSR count). The highest BCUT2D eigenvalue weighted by Gasteiger charge is 2.20.